The van der Waals surface area contributed by atoms with Crippen molar-refractivity contribution in [2.24, 2.45) is 5.73 Å². The summed E-state index contributed by atoms with van der Waals surface area (Å²) in [6.07, 6.45) is 0. The van der Waals surface area contributed by atoms with E-state index in [2.05, 4.69) is 10.4 Å². The first-order chi connectivity index (χ1) is 13.0. The molecule has 2 aromatic carbocycles. The lowest BCUT2D eigenvalue weighted by Gasteiger charge is -2.16. The number of aromatic nitrogens is 2. The summed E-state index contributed by atoms with van der Waals surface area (Å²) in [4.78, 5) is 25.1. The van der Waals surface area contributed by atoms with Crippen LogP contribution in [0.15, 0.2) is 59.4 Å². The Hall–Kier alpha value is -3.92. The second-order valence-electron chi connectivity index (χ2n) is 5.77. The van der Waals surface area contributed by atoms with Crippen molar-refractivity contribution in [2.45, 2.75) is 13.5 Å². The first-order valence-electron chi connectivity index (χ1n) is 8.32. The number of nitrogens with one attached hydrogen (secondary N) is 1. The van der Waals surface area contributed by atoms with Gasteiger partial charge in [0.25, 0.3) is 11.5 Å². The molecule has 0 saturated heterocycles. The lowest BCUT2D eigenvalue weighted by molar-refractivity contribution is 0.100. The van der Waals surface area contributed by atoms with E-state index in [0.29, 0.717) is 29.1 Å². The van der Waals surface area contributed by atoms with Gasteiger partial charge in [0.2, 0.25) is 0 Å². The van der Waals surface area contributed by atoms with E-state index >= 15 is 0 Å². The average molecular weight is 359 g/mol. The van der Waals surface area contributed by atoms with Crippen LogP contribution < -0.4 is 16.6 Å². The number of nitriles is 1. The van der Waals surface area contributed by atoms with Crippen molar-refractivity contribution in [3.05, 3.63) is 76.1 Å². The quantitative estimate of drug-likeness (QED) is 0.727. The number of carbonyl (C=O) groups is 1. The number of anilines is 2. The molecule has 1 heterocycles. The summed E-state index contributed by atoms with van der Waals surface area (Å²) < 4.78 is 1.27. The zero-order valence-electron chi connectivity index (χ0n) is 14.6. The van der Waals surface area contributed by atoms with Crippen molar-refractivity contribution < 1.29 is 4.79 Å². The number of hydrogen-bond donors (Lipinski definition) is 2. The highest BCUT2D eigenvalue weighted by atomic mass is 16.1. The number of nitrogens with zero attached hydrogens (tertiary/aromatic N) is 3. The molecule has 1 aromatic heterocycles. The zero-order valence-corrected chi connectivity index (χ0v) is 14.6. The molecule has 134 valence electrons. The largest absolute Gasteiger partial charge is 0.365 e. The maximum absolute atomic E-state index is 12.8. The van der Waals surface area contributed by atoms with Crippen molar-refractivity contribution in [3.63, 3.8) is 0 Å². The molecule has 0 bridgehead atoms. The fourth-order valence-electron chi connectivity index (χ4n) is 2.75. The molecule has 0 unspecified atom stereocenters. The van der Waals surface area contributed by atoms with E-state index in [9.17, 15) is 9.59 Å². The summed E-state index contributed by atoms with van der Waals surface area (Å²) in [5.41, 5.74) is 7.10. The van der Waals surface area contributed by atoms with Gasteiger partial charge < -0.3 is 11.1 Å². The van der Waals surface area contributed by atoms with Gasteiger partial charge in [0.1, 0.15) is 11.4 Å². The van der Waals surface area contributed by atoms with Crippen molar-refractivity contribution in [1.82, 2.24) is 9.78 Å². The van der Waals surface area contributed by atoms with Crippen LogP contribution in [0.25, 0.3) is 11.3 Å². The predicted octanol–water partition coefficient (Wildman–Crippen LogP) is 2.64. The summed E-state index contributed by atoms with van der Waals surface area (Å²) in [6.45, 7) is 2.11. The van der Waals surface area contributed by atoms with E-state index in [-0.39, 0.29) is 11.3 Å². The lowest BCUT2D eigenvalue weighted by atomic mass is 10.0. The highest BCUT2D eigenvalue weighted by Crippen LogP contribution is 2.27. The summed E-state index contributed by atoms with van der Waals surface area (Å²) in [6, 6.07) is 17.7. The van der Waals surface area contributed by atoms with E-state index in [1.54, 1.807) is 43.3 Å². The van der Waals surface area contributed by atoms with Gasteiger partial charge in [-0.15, -0.1) is 0 Å². The Bertz CT molecular complexity index is 1100. The van der Waals surface area contributed by atoms with Crippen LogP contribution in [0.1, 0.15) is 22.8 Å². The fraction of sp³-hybridized carbons (Fsp3) is 0.100. The molecule has 7 nitrogen and oxygen atoms in total. The highest BCUT2D eigenvalue weighted by molar-refractivity contribution is 6.04. The molecular weight excluding hydrogens is 342 g/mol. The van der Waals surface area contributed by atoms with Gasteiger partial charge in [-0.2, -0.15) is 10.4 Å². The topological polar surface area (TPSA) is 114 Å². The highest BCUT2D eigenvalue weighted by Gasteiger charge is 2.22. The van der Waals surface area contributed by atoms with E-state index < -0.39 is 11.5 Å². The number of nitrogens with two attached hydrogens (primary N) is 1. The summed E-state index contributed by atoms with van der Waals surface area (Å²) in [5.74, 6) is -0.763. The average Bonchev–Trinajstić information content (AvgIpc) is 2.69. The molecular formula is C20H17N5O2. The van der Waals surface area contributed by atoms with E-state index in [4.69, 9.17) is 11.0 Å². The van der Waals surface area contributed by atoms with Crippen LogP contribution in [0, 0.1) is 11.3 Å². The molecule has 0 aliphatic rings. The minimum absolute atomic E-state index is 0.0123. The Labute approximate surface area is 155 Å². The van der Waals surface area contributed by atoms with E-state index in [1.165, 1.54) is 4.68 Å². The Morgan fingerprint density at radius 3 is 2.59 bits per heavy atom. The fourth-order valence-corrected chi connectivity index (χ4v) is 2.75. The summed E-state index contributed by atoms with van der Waals surface area (Å²) in [5, 5.41) is 16.4. The molecule has 0 atom stereocenters. The molecule has 0 aliphatic heterocycles. The molecule has 0 radical (unpaired) electrons. The molecule has 0 saturated carbocycles. The molecule has 0 fully saturated rings. The number of amides is 1. The number of hydrogen-bond acceptors (Lipinski definition) is 5. The number of rotatable bonds is 5. The Kier molecular flexibility index (Phi) is 4.99. The Morgan fingerprint density at radius 2 is 1.96 bits per heavy atom. The van der Waals surface area contributed by atoms with Gasteiger partial charge in [-0.25, -0.2) is 4.68 Å². The zero-order chi connectivity index (χ0) is 19.4. The molecule has 0 aliphatic carbocycles. The molecule has 3 N–H and O–H groups in total. The monoisotopic (exact) mass is 359 g/mol. The minimum Gasteiger partial charge on any atom is -0.365 e. The van der Waals surface area contributed by atoms with Gasteiger partial charge in [0.15, 0.2) is 0 Å². The van der Waals surface area contributed by atoms with Gasteiger partial charge in [0, 0.05) is 17.8 Å². The molecule has 1 amide bonds. The predicted molar refractivity (Wildman–Crippen MR) is 103 cm³/mol. The van der Waals surface area contributed by atoms with Crippen molar-refractivity contribution in [3.8, 4) is 17.3 Å². The number of primary amides is 1. The van der Waals surface area contributed by atoms with Gasteiger partial charge in [-0.05, 0) is 25.1 Å². The lowest BCUT2D eigenvalue weighted by Crippen LogP contribution is -2.30. The Morgan fingerprint density at radius 1 is 1.22 bits per heavy atom. The van der Waals surface area contributed by atoms with E-state index in [1.807, 2.05) is 24.3 Å². The third kappa shape index (κ3) is 3.55. The molecule has 0 spiro atoms. The van der Waals surface area contributed by atoms with Crippen LogP contribution in [-0.4, -0.2) is 15.7 Å². The molecule has 7 heteroatoms. The van der Waals surface area contributed by atoms with Crippen molar-refractivity contribution >= 4 is 17.3 Å². The smallest absolute Gasteiger partial charge is 0.291 e. The van der Waals surface area contributed by atoms with Crippen LogP contribution in [0.4, 0.5) is 11.4 Å². The van der Waals surface area contributed by atoms with Crippen LogP contribution >= 0.6 is 0 Å². The van der Waals surface area contributed by atoms with Gasteiger partial charge in [-0.1, -0.05) is 36.4 Å². The molecule has 3 rings (SSSR count). The van der Waals surface area contributed by atoms with Crippen LogP contribution in [0.2, 0.25) is 0 Å². The maximum atomic E-state index is 12.8. The summed E-state index contributed by atoms with van der Waals surface area (Å²) in [7, 11) is 0. The first kappa shape index (κ1) is 17.9. The third-order valence-electron chi connectivity index (χ3n) is 4.01. The van der Waals surface area contributed by atoms with Crippen LogP contribution in [-0.2, 0) is 6.54 Å². The van der Waals surface area contributed by atoms with E-state index in [0.717, 1.165) is 0 Å². The second-order valence-corrected chi connectivity index (χ2v) is 5.77. The maximum Gasteiger partial charge on any atom is 0.291 e. The molecule has 27 heavy (non-hydrogen) atoms. The van der Waals surface area contributed by atoms with Crippen LogP contribution in [0.3, 0.4) is 0 Å². The standard InChI is InChI=1S/C20H17N5O2/c1-2-25-20(27)18(23-15-10-6-7-13(11-15)12-21)16(19(22)26)17(24-25)14-8-4-3-5-9-14/h3-11,23H,2H2,1H3,(H2,22,26). The minimum atomic E-state index is -0.763. The first-order valence-corrected chi connectivity index (χ1v) is 8.32. The van der Waals surface area contributed by atoms with Crippen molar-refractivity contribution in [2.75, 3.05) is 5.32 Å². The number of carbonyl (C=O) groups excluding carboxylic acids is 1. The van der Waals surface area contributed by atoms with Gasteiger partial charge in [-0.3, -0.25) is 9.59 Å². The second kappa shape index (κ2) is 7.54. The normalized spacial score (nSPS) is 10.2. The van der Waals surface area contributed by atoms with Crippen LogP contribution in [0.5, 0.6) is 0 Å². The number of benzene rings is 2. The SMILES string of the molecule is CCn1nc(-c2ccccc2)c(C(N)=O)c(Nc2cccc(C#N)c2)c1=O. The third-order valence-corrected chi connectivity index (χ3v) is 4.01. The van der Waals surface area contributed by atoms with Gasteiger partial charge >= 0.3 is 0 Å². The van der Waals surface area contributed by atoms with Gasteiger partial charge in [0.05, 0.1) is 17.2 Å². The van der Waals surface area contributed by atoms with Crippen molar-refractivity contribution in [1.29, 1.82) is 5.26 Å². The molecule has 3 aromatic rings. The Balaban J connectivity index is 2.27. The summed E-state index contributed by atoms with van der Waals surface area (Å²) >= 11 is 0. The number of aryl methyl sites for hydroxylation is 1.